The van der Waals surface area contributed by atoms with Crippen molar-refractivity contribution < 1.29 is 15.3 Å². The van der Waals surface area contributed by atoms with Crippen LogP contribution in [0.5, 0.6) is 11.5 Å². The van der Waals surface area contributed by atoms with Crippen molar-refractivity contribution in [3.05, 3.63) is 23.8 Å². The lowest BCUT2D eigenvalue weighted by atomic mass is 9.99. The molecule has 4 nitrogen and oxygen atoms in total. The fourth-order valence-electron chi connectivity index (χ4n) is 1.82. The van der Waals surface area contributed by atoms with Crippen LogP contribution >= 0.6 is 12.4 Å². The lowest BCUT2D eigenvalue weighted by Gasteiger charge is -2.25. The Hall–Kier alpha value is -0.970. The van der Waals surface area contributed by atoms with Crippen LogP contribution in [-0.2, 0) is 0 Å². The number of aliphatic hydroxyl groups excluding tert-OH is 1. The number of halogens is 1. The van der Waals surface area contributed by atoms with E-state index >= 15 is 0 Å². The second kappa shape index (κ2) is 7.46. The van der Waals surface area contributed by atoms with Gasteiger partial charge in [0.05, 0.1) is 6.10 Å². The molecule has 0 spiro atoms. The van der Waals surface area contributed by atoms with Crippen molar-refractivity contribution in [2.45, 2.75) is 45.4 Å². The minimum absolute atomic E-state index is 0. The van der Waals surface area contributed by atoms with Crippen molar-refractivity contribution in [1.82, 2.24) is 5.32 Å². The number of phenolic OH excluding ortho intramolecular Hbond substituents is 2. The van der Waals surface area contributed by atoms with Crippen LogP contribution in [0.25, 0.3) is 0 Å². The molecule has 0 bridgehead atoms. The first-order valence-electron chi connectivity index (χ1n) is 5.91. The fourth-order valence-corrected chi connectivity index (χ4v) is 1.82. The molecule has 104 valence electrons. The second-order valence-corrected chi connectivity index (χ2v) is 4.53. The molecule has 0 saturated heterocycles. The van der Waals surface area contributed by atoms with Crippen LogP contribution in [0.15, 0.2) is 18.2 Å². The molecule has 0 aliphatic carbocycles. The van der Waals surface area contributed by atoms with Gasteiger partial charge in [0.1, 0.15) is 0 Å². The number of rotatable bonds is 5. The average Bonchev–Trinajstić information content (AvgIpc) is 2.28. The molecule has 1 aromatic rings. The van der Waals surface area contributed by atoms with Crippen molar-refractivity contribution in [2.75, 3.05) is 0 Å². The van der Waals surface area contributed by atoms with Gasteiger partial charge in [-0.05, 0) is 24.1 Å². The fraction of sp³-hybridized carbons (Fsp3) is 0.538. The van der Waals surface area contributed by atoms with Gasteiger partial charge in [0.2, 0.25) is 0 Å². The minimum atomic E-state index is -0.700. The highest BCUT2D eigenvalue weighted by Gasteiger charge is 2.20. The highest BCUT2D eigenvalue weighted by Crippen LogP contribution is 2.29. The minimum Gasteiger partial charge on any atom is -0.504 e. The first-order valence-corrected chi connectivity index (χ1v) is 5.91. The summed E-state index contributed by atoms with van der Waals surface area (Å²) in [6.07, 6.45) is 0.0787. The summed E-state index contributed by atoms with van der Waals surface area (Å²) in [6.45, 7) is 6.02. The molecule has 0 saturated carbocycles. The molecule has 5 heteroatoms. The molecule has 0 heterocycles. The highest BCUT2D eigenvalue weighted by molar-refractivity contribution is 5.85. The van der Waals surface area contributed by atoms with E-state index < -0.39 is 6.10 Å². The Morgan fingerprint density at radius 2 is 1.78 bits per heavy atom. The lowest BCUT2D eigenvalue weighted by Crippen LogP contribution is -2.38. The van der Waals surface area contributed by atoms with Gasteiger partial charge in [0, 0.05) is 12.1 Å². The summed E-state index contributed by atoms with van der Waals surface area (Å²) in [7, 11) is 0. The standard InChI is InChI=1S/C13H21NO3.ClH/c1-4-10(14-8(2)3)13(17)9-5-6-11(15)12(16)7-9;/h5-8,10,13-17H,4H2,1-3H3;1H/t10?,13-;/m1./s1. The molecule has 0 aliphatic heterocycles. The number of hydrogen-bond donors (Lipinski definition) is 4. The average molecular weight is 276 g/mol. The van der Waals surface area contributed by atoms with Crippen LogP contribution < -0.4 is 5.32 Å². The number of benzene rings is 1. The van der Waals surface area contributed by atoms with Gasteiger partial charge in [-0.2, -0.15) is 0 Å². The number of aromatic hydroxyl groups is 2. The van der Waals surface area contributed by atoms with Gasteiger partial charge >= 0.3 is 0 Å². The molecular formula is C13H22ClNO3. The van der Waals surface area contributed by atoms with Gasteiger partial charge in [-0.25, -0.2) is 0 Å². The van der Waals surface area contributed by atoms with E-state index in [2.05, 4.69) is 5.32 Å². The smallest absolute Gasteiger partial charge is 0.157 e. The monoisotopic (exact) mass is 275 g/mol. The zero-order valence-electron chi connectivity index (χ0n) is 10.9. The SMILES string of the molecule is CCC(NC(C)C)[C@H](O)c1ccc(O)c(O)c1.Cl. The molecule has 4 N–H and O–H groups in total. The molecule has 1 aromatic carbocycles. The summed E-state index contributed by atoms with van der Waals surface area (Å²) in [4.78, 5) is 0. The molecule has 1 rings (SSSR count). The third-order valence-electron chi connectivity index (χ3n) is 2.71. The molecule has 0 fully saturated rings. The van der Waals surface area contributed by atoms with Crippen molar-refractivity contribution in [1.29, 1.82) is 0 Å². The molecule has 18 heavy (non-hydrogen) atoms. The summed E-state index contributed by atoms with van der Waals surface area (Å²) in [5, 5.41) is 32.1. The maximum absolute atomic E-state index is 10.2. The summed E-state index contributed by atoms with van der Waals surface area (Å²) in [5.74, 6) is -0.383. The van der Waals surface area contributed by atoms with Crippen molar-refractivity contribution >= 4 is 12.4 Å². The summed E-state index contributed by atoms with van der Waals surface area (Å²) in [5.41, 5.74) is 0.598. The van der Waals surface area contributed by atoms with Crippen LogP contribution in [0.3, 0.4) is 0 Å². The Kier molecular flexibility index (Phi) is 7.06. The molecule has 0 amide bonds. The second-order valence-electron chi connectivity index (χ2n) is 4.53. The maximum atomic E-state index is 10.2. The number of aliphatic hydroxyl groups is 1. The predicted octanol–water partition coefficient (Wildman–Crippen LogP) is 2.33. The lowest BCUT2D eigenvalue weighted by molar-refractivity contribution is 0.121. The van der Waals surface area contributed by atoms with Crippen molar-refractivity contribution in [3.63, 3.8) is 0 Å². The maximum Gasteiger partial charge on any atom is 0.157 e. The van der Waals surface area contributed by atoms with Gasteiger partial charge in [0.25, 0.3) is 0 Å². The Balaban J connectivity index is 0.00000289. The van der Waals surface area contributed by atoms with E-state index in [9.17, 15) is 15.3 Å². The third kappa shape index (κ3) is 4.37. The first-order chi connectivity index (χ1) is 7.95. The molecule has 0 aliphatic rings. The Morgan fingerprint density at radius 3 is 2.22 bits per heavy atom. The normalized spacial score (nSPS) is 14.1. The highest BCUT2D eigenvalue weighted by atomic mass is 35.5. The zero-order chi connectivity index (χ0) is 13.0. The van der Waals surface area contributed by atoms with Crippen LogP contribution in [0.4, 0.5) is 0 Å². The van der Waals surface area contributed by atoms with Crippen molar-refractivity contribution in [3.8, 4) is 11.5 Å². The van der Waals surface area contributed by atoms with Crippen molar-refractivity contribution in [2.24, 2.45) is 0 Å². The van der Waals surface area contributed by atoms with E-state index in [1.807, 2.05) is 20.8 Å². The Bertz CT molecular complexity index is 371. The Labute approximate surface area is 114 Å². The summed E-state index contributed by atoms with van der Waals surface area (Å²) in [6, 6.07) is 4.60. The van der Waals surface area contributed by atoms with E-state index in [1.54, 1.807) is 6.07 Å². The molecule has 0 radical (unpaired) electrons. The van der Waals surface area contributed by atoms with E-state index in [1.165, 1.54) is 12.1 Å². The van der Waals surface area contributed by atoms with E-state index in [0.29, 0.717) is 5.56 Å². The van der Waals surface area contributed by atoms with Crippen LogP contribution in [0.2, 0.25) is 0 Å². The number of hydrogen-bond acceptors (Lipinski definition) is 4. The summed E-state index contributed by atoms with van der Waals surface area (Å²) >= 11 is 0. The van der Waals surface area contributed by atoms with Gasteiger partial charge < -0.3 is 20.6 Å². The topological polar surface area (TPSA) is 72.7 Å². The zero-order valence-corrected chi connectivity index (χ0v) is 11.7. The largest absolute Gasteiger partial charge is 0.504 e. The van der Waals surface area contributed by atoms with Gasteiger partial charge in [-0.1, -0.05) is 26.8 Å². The van der Waals surface area contributed by atoms with Crippen LogP contribution in [-0.4, -0.2) is 27.4 Å². The molecule has 2 atom stereocenters. The van der Waals surface area contributed by atoms with Crippen LogP contribution in [0, 0.1) is 0 Å². The molecule has 1 unspecified atom stereocenters. The van der Waals surface area contributed by atoms with Crippen LogP contribution in [0.1, 0.15) is 38.9 Å². The Morgan fingerprint density at radius 1 is 1.17 bits per heavy atom. The van der Waals surface area contributed by atoms with Gasteiger partial charge in [0.15, 0.2) is 11.5 Å². The van der Waals surface area contributed by atoms with E-state index in [4.69, 9.17) is 0 Å². The number of nitrogens with one attached hydrogen (secondary N) is 1. The van der Waals surface area contributed by atoms with E-state index in [0.717, 1.165) is 6.42 Å². The molecular weight excluding hydrogens is 254 g/mol. The predicted molar refractivity (Wildman–Crippen MR) is 74.3 cm³/mol. The number of phenols is 2. The first kappa shape index (κ1) is 17.0. The molecule has 0 aromatic heterocycles. The van der Waals surface area contributed by atoms with Gasteiger partial charge in [-0.3, -0.25) is 0 Å². The quantitative estimate of drug-likeness (QED) is 0.623. The van der Waals surface area contributed by atoms with E-state index in [-0.39, 0.29) is 36.0 Å². The summed E-state index contributed by atoms with van der Waals surface area (Å²) < 4.78 is 0. The van der Waals surface area contributed by atoms with Gasteiger partial charge in [-0.15, -0.1) is 12.4 Å². The third-order valence-corrected chi connectivity index (χ3v) is 2.71.